The van der Waals surface area contributed by atoms with Gasteiger partial charge in [-0.2, -0.15) is 0 Å². The van der Waals surface area contributed by atoms with E-state index in [2.05, 4.69) is 12.2 Å². The highest BCUT2D eigenvalue weighted by molar-refractivity contribution is 5.72. The molecule has 1 fully saturated rings. The van der Waals surface area contributed by atoms with E-state index in [0.29, 0.717) is 6.54 Å². The molecule has 15 heavy (non-hydrogen) atoms. The van der Waals surface area contributed by atoms with Crippen molar-refractivity contribution in [3.05, 3.63) is 0 Å². The molecule has 1 amide bonds. The summed E-state index contributed by atoms with van der Waals surface area (Å²) >= 11 is 0. The minimum Gasteiger partial charge on any atom is -0.373 e. The average molecular weight is 213 g/mol. The van der Waals surface area contributed by atoms with Crippen molar-refractivity contribution in [1.29, 1.82) is 0 Å². The zero-order chi connectivity index (χ0) is 11.1. The van der Waals surface area contributed by atoms with Gasteiger partial charge in [-0.1, -0.05) is 26.2 Å². The molecule has 3 heteroatoms. The number of rotatable bonds is 5. The van der Waals surface area contributed by atoms with Crippen LogP contribution in [0.1, 0.15) is 52.4 Å². The van der Waals surface area contributed by atoms with Crippen LogP contribution in [0, 0.1) is 0 Å². The fourth-order valence-corrected chi connectivity index (χ4v) is 2.17. The molecule has 0 atom stereocenters. The van der Waals surface area contributed by atoms with Gasteiger partial charge in [-0.05, 0) is 19.3 Å². The molecule has 0 aliphatic heterocycles. The molecule has 1 saturated carbocycles. The molecule has 1 rings (SSSR count). The van der Waals surface area contributed by atoms with Crippen molar-refractivity contribution in [2.24, 2.45) is 0 Å². The van der Waals surface area contributed by atoms with E-state index in [0.717, 1.165) is 25.9 Å². The van der Waals surface area contributed by atoms with Crippen LogP contribution in [0.4, 0.5) is 0 Å². The van der Waals surface area contributed by atoms with Crippen LogP contribution in [0.5, 0.6) is 0 Å². The van der Waals surface area contributed by atoms with Crippen molar-refractivity contribution in [1.82, 2.24) is 5.32 Å². The number of hydrogen-bond acceptors (Lipinski definition) is 2. The first-order chi connectivity index (χ1) is 7.18. The third-order valence-corrected chi connectivity index (χ3v) is 3.04. The predicted octanol–water partition coefficient (Wildman–Crippen LogP) is 2.25. The standard InChI is InChI=1S/C12H23NO2/c1-3-9-15-12(10-13-11(2)14)7-5-4-6-8-12/h3-10H2,1-2H3,(H,13,14). The van der Waals surface area contributed by atoms with Gasteiger partial charge in [0, 0.05) is 20.1 Å². The summed E-state index contributed by atoms with van der Waals surface area (Å²) in [5, 5.41) is 2.90. The highest BCUT2D eigenvalue weighted by atomic mass is 16.5. The Bertz CT molecular complexity index is 198. The third-order valence-electron chi connectivity index (χ3n) is 3.04. The maximum Gasteiger partial charge on any atom is 0.216 e. The molecular formula is C12H23NO2. The van der Waals surface area contributed by atoms with Crippen LogP contribution in [0.25, 0.3) is 0 Å². The number of carbonyl (C=O) groups is 1. The molecule has 0 bridgehead atoms. The minimum atomic E-state index is -0.0695. The first kappa shape index (κ1) is 12.5. The van der Waals surface area contributed by atoms with E-state index >= 15 is 0 Å². The second-order valence-corrected chi connectivity index (χ2v) is 4.50. The molecule has 1 N–H and O–H groups in total. The lowest BCUT2D eigenvalue weighted by atomic mass is 9.84. The van der Waals surface area contributed by atoms with Crippen LogP contribution in [-0.4, -0.2) is 24.7 Å². The largest absolute Gasteiger partial charge is 0.373 e. The summed E-state index contributed by atoms with van der Waals surface area (Å²) in [5.74, 6) is 0.0417. The van der Waals surface area contributed by atoms with E-state index in [9.17, 15) is 4.79 Å². The molecule has 88 valence electrons. The lowest BCUT2D eigenvalue weighted by molar-refractivity contribution is -0.122. The van der Waals surface area contributed by atoms with Gasteiger partial charge in [-0.25, -0.2) is 0 Å². The third kappa shape index (κ3) is 4.20. The molecule has 0 saturated heterocycles. The van der Waals surface area contributed by atoms with Crippen molar-refractivity contribution in [2.45, 2.75) is 58.0 Å². The van der Waals surface area contributed by atoms with Crippen LogP contribution in [0.15, 0.2) is 0 Å². The summed E-state index contributed by atoms with van der Waals surface area (Å²) in [4.78, 5) is 10.9. The molecule has 0 aromatic heterocycles. The van der Waals surface area contributed by atoms with Crippen LogP contribution in [-0.2, 0) is 9.53 Å². The molecule has 0 radical (unpaired) electrons. The quantitative estimate of drug-likeness (QED) is 0.760. The summed E-state index contributed by atoms with van der Waals surface area (Å²) in [6.07, 6.45) is 6.98. The average Bonchev–Trinajstić information content (AvgIpc) is 2.25. The Balaban J connectivity index is 2.45. The molecule has 3 nitrogen and oxygen atoms in total. The fraction of sp³-hybridized carbons (Fsp3) is 0.917. The van der Waals surface area contributed by atoms with Gasteiger partial charge < -0.3 is 10.1 Å². The zero-order valence-electron chi connectivity index (χ0n) is 9.97. The Morgan fingerprint density at radius 2 is 2.00 bits per heavy atom. The monoisotopic (exact) mass is 213 g/mol. The van der Waals surface area contributed by atoms with E-state index in [1.165, 1.54) is 19.3 Å². The van der Waals surface area contributed by atoms with E-state index in [1.807, 2.05) is 0 Å². The highest BCUT2D eigenvalue weighted by Crippen LogP contribution is 2.31. The van der Waals surface area contributed by atoms with Crippen molar-refractivity contribution >= 4 is 5.91 Å². The molecule has 0 unspecified atom stereocenters. The lowest BCUT2D eigenvalue weighted by Gasteiger charge is -2.37. The van der Waals surface area contributed by atoms with Crippen molar-refractivity contribution in [2.75, 3.05) is 13.2 Å². The maximum absolute atomic E-state index is 10.9. The molecule has 0 heterocycles. The van der Waals surface area contributed by atoms with Gasteiger partial charge >= 0.3 is 0 Å². The van der Waals surface area contributed by atoms with Crippen molar-refractivity contribution in [3.63, 3.8) is 0 Å². The van der Waals surface area contributed by atoms with Gasteiger partial charge in [-0.3, -0.25) is 4.79 Å². The molecule has 1 aliphatic rings. The summed E-state index contributed by atoms with van der Waals surface area (Å²) < 4.78 is 5.96. The first-order valence-electron chi connectivity index (χ1n) is 6.07. The second-order valence-electron chi connectivity index (χ2n) is 4.50. The van der Waals surface area contributed by atoms with E-state index in [4.69, 9.17) is 4.74 Å². The fourth-order valence-electron chi connectivity index (χ4n) is 2.17. The van der Waals surface area contributed by atoms with Gasteiger partial charge in [0.2, 0.25) is 5.91 Å². The highest BCUT2D eigenvalue weighted by Gasteiger charge is 2.32. The Labute approximate surface area is 92.6 Å². The number of hydrogen-bond donors (Lipinski definition) is 1. The lowest BCUT2D eigenvalue weighted by Crippen LogP contribution is -2.46. The summed E-state index contributed by atoms with van der Waals surface area (Å²) in [7, 11) is 0. The van der Waals surface area contributed by atoms with Crippen LogP contribution in [0.2, 0.25) is 0 Å². The second kappa shape index (κ2) is 6.11. The van der Waals surface area contributed by atoms with E-state index < -0.39 is 0 Å². The Hall–Kier alpha value is -0.570. The maximum atomic E-state index is 10.9. The summed E-state index contributed by atoms with van der Waals surface area (Å²) in [6.45, 7) is 5.17. The normalized spacial score (nSPS) is 19.9. The number of ether oxygens (including phenoxy) is 1. The van der Waals surface area contributed by atoms with Crippen molar-refractivity contribution in [3.8, 4) is 0 Å². The molecular weight excluding hydrogens is 190 g/mol. The molecule has 1 aliphatic carbocycles. The number of carbonyl (C=O) groups excluding carboxylic acids is 1. The molecule has 0 aromatic carbocycles. The molecule has 0 aromatic rings. The van der Waals surface area contributed by atoms with E-state index in [-0.39, 0.29) is 11.5 Å². The zero-order valence-corrected chi connectivity index (χ0v) is 9.97. The first-order valence-corrected chi connectivity index (χ1v) is 6.07. The Morgan fingerprint density at radius 1 is 1.33 bits per heavy atom. The summed E-state index contributed by atoms with van der Waals surface area (Å²) in [6, 6.07) is 0. The topological polar surface area (TPSA) is 38.3 Å². The summed E-state index contributed by atoms with van der Waals surface area (Å²) in [5.41, 5.74) is -0.0695. The van der Waals surface area contributed by atoms with Crippen LogP contribution in [0.3, 0.4) is 0 Å². The minimum absolute atomic E-state index is 0.0417. The SMILES string of the molecule is CCCOC1(CNC(C)=O)CCCCC1. The smallest absolute Gasteiger partial charge is 0.216 e. The Morgan fingerprint density at radius 3 is 2.53 bits per heavy atom. The Kier molecular flexibility index (Phi) is 5.09. The van der Waals surface area contributed by atoms with Gasteiger partial charge in [0.15, 0.2) is 0 Å². The van der Waals surface area contributed by atoms with Crippen LogP contribution >= 0.6 is 0 Å². The van der Waals surface area contributed by atoms with Gasteiger partial charge in [0.05, 0.1) is 5.60 Å². The predicted molar refractivity (Wildman–Crippen MR) is 60.7 cm³/mol. The van der Waals surface area contributed by atoms with Crippen LogP contribution < -0.4 is 5.32 Å². The molecule has 0 spiro atoms. The van der Waals surface area contributed by atoms with Gasteiger partial charge in [0.25, 0.3) is 0 Å². The number of amides is 1. The van der Waals surface area contributed by atoms with Gasteiger partial charge in [-0.15, -0.1) is 0 Å². The van der Waals surface area contributed by atoms with Gasteiger partial charge in [0.1, 0.15) is 0 Å². The van der Waals surface area contributed by atoms with E-state index in [1.54, 1.807) is 6.92 Å². The van der Waals surface area contributed by atoms with Crippen molar-refractivity contribution < 1.29 is 9.53 Å². The number of nitrogens with one attached hydrogen (secondary N) is 1.